The van der Waals surface area contributed by atoms with Gasteiger partial charge in [-0.3, -0.25) is 4.98 Å². The number of pyridine rings is 1. The summed E-state index contributed by atoms with van der Waals surface area (Å²) in [5.74, 6) is 1.54. The standard InChI is InChI=1S/C14H18N4O2/c1-10(2)12-4-3-11(9-15-12)13-16-14(17-20-13)18-5-7-19-8-6-18/h3-4,9-10H,5-8H2,1-2H3. The molecule has 0 amide bonds. The smallest absolute Gasteiger partial charge is 0.266 e. The zero-order chi connectivity index (χ0) is 13.9. The van der Waals surface area contributed by atoms with Crippen molar-refractivity contribution in [1.82, 2.24) is 15.1 Å². The van der Waals surface area contributed by atoms with Crippen LogP contribution in [0.15, 0.2) is 22.9 Å². The molecule has 1 aliphatic heterocycles. The highest BCUT2D eigenvalue weighted by Gasteiger charge is 2.18. The van der Waals surface area contributed by atoms with Crippen LogP contribution in [-0.2, 0) is 4.74 Å². The number of hydrogen-bond acceptors (Lipinski definition) is 6. The van der Waals surface area contributed by atoms with Crippen molar-refractivity contribution in [3.63, 3.8) is 0 Å². The van der Waals surface area contributed by atoms with Crippen LogP contribution in [0, 0.1) is 0 Å². The molecule has 20 heavy (non-hydrogen) atoms. The average molecular weight is 274 g/mol. The van der Waals surface area contributed by atoms with Crippen LogP contribution in [0.25, 0.3) is 11.5 Å². The first kappa shape index (κ1) is 13.1. The van der Waals surface area contributed by atoms with E-state index in [0.717, 1.165) is 24.3 Å². The van der Waals surface area contributed by atoms with E-state index < -0.39 is 0 Å². The Morgan fingerprint density at radius 3 is 2.65 bits per heavy atom. The Labute approximate surface area is 117 Å². The second kappa shape index (κ2) is 5.58. The highest BCUT2D eigenvalue weighted by atomic mass is 16.5. The number of aromatic nitrogens is 3. The van der Waals surface area contributed by atoms with E-state index in [2.05, 4.69) is 33.9 Å². The van der Waals surface area contributed by atoms with E-state index in [0.29, 0.717) is 31.0 Å². The Kier molecular flexibility index (Phi) is 3.64. The van der Waals surface area contributed by atoms with E-state index in [9.17, 15) is 0 Å². The van der Waals surface area contributed by atoms with Crippen LogP contribution in [0.2, 0.25) is 0 Å². The van der Waals surface area contributed by atoms with E-state index in [1.54, 1.807) is 6.20 Å². The Morgan fingerprint density at radius 2 is 2.00 bits per heavy atom. The maximum Gasteiger partial charge on any atom is 0.266 e. The first-order chi connectivity index (χ1) is 9.74. The fourth-order valence-electron chi connectivity index (χ4n) is 2.10. The lowest BCUT2D eigenvalue weighted by Crippen LogP contribution is -2.36. The van der Waals surface area contributed by atoms with Crippen LogP contribution in [0.5, 0.6) is 0 Å². The number of hydrogen-bond donors (Lipinski definition) is 0. The molecular weight excluding hydrogens is 256 g/mol. The minimum absolute atomic E-state index is 0.413. The molecule has 106 valence electrons. The Morgan fingerprint density at radius 1 is 1.20 bits per heavy atom. The lowest BCUT2D eigenvalue weighted by molar-refractivity contribution is 0.121. The molecule has 0 N–H and O–H groups in total. The van der Waals surface area contributed by atoms with Gasteiger partial charge in [0, 0.05) is 25.0 Å². The van der Waals surface area contributed by atoms with Gasteiger partial charge >= 0.3 is 0 Å². The van der Waals surface area contributed by atoms with Crippen LogP contribution in [-0.4, -0.2) is 41.4 Å². The third-order valence-electron chi connectivity index (χ3n) is 3.33. The van der Waals surface area contributed by atoms with E-state index >= 15 is 0 Å². The van der Waals surface area contributed by atoms with Gasteiger partial charge in [0.05, 0.1) is 18.8 Å². The van der Waals surface area contributed by atoms with Crippen LogP contribution < -0.4 is 4.90 Å². The topological polar surface area (TPSA) is 64.3 Å². The summed E-state index contributed by atoms with van der Waals surface area (Å²) in [5.41, 5.74) is 1.91. The van der Waals surface area contributed by atoms with Gasteiger partial charge in [0.2, 0.25) is 0 Å². The molecule has 2 aromatic rings. The van der Waals surface area contributed by atoms with Gasteiger partial charge in [-0.2, -0.15) is 4.98 Å². The number of morpholine rings is 1. The first-order valence-corrected chi connectivity index (χ1v) is 6.87. The molecule has 0 aliphatic carbocycles. The minimum Gasteiger partial charge on any atom is -0.378 e. The van der Waals surface area contributed by atoms with Crippen molar-refractivity contribution < 1.29 is 9.26 Å². The van der Waals surface area contributed by atoms with Gasteiger partial charge < -0.3 is 14.2 Å². The van der Waals surface area contributed by atoms with Crippen molar-refractivity contribution in [2.45, 2.75) is 19.8 Å². The molecule has 6 heteroatoms. The van der Waals surface area contributed by atoms with Crippen molar-refractivity contribution in [3.05, 3.63) is 24.0 Å². The molecule has 0 atom stereocenters. The molecular formula is C14H18N4O2. The summed E-state index contributed by atoms with van der Waals surface area (Å²) in [7, 11) is 0. The largest absolute Gasteiger partial charge is 0.378 e. The third-order valence-corrected chi connectivity index (χ3v) is 3.33. The Hall–Kier alpha value is -1.95. The number of rotatable bonds is 3. The summed E-state index contributed by atoms with van der Waals surface area (Å²) in [6.07, 6.45) is 1.78. The van der Waals surface area contributed by atoms with Gasteiger partial charge in [-0.05, 0) is 23.2 Å². The highest BCUT2D eigenvalue weighted by Crippen LogP contribution is 2.21. The zero-order valence-electron chi connectivity index (χ0n) is 11.7. The van der Waals surface area contributed by atoms with Crippen molar-refractivity contribution in [1.29, 1.82) is 0 Å². The van der Waals surface area contributed by atoms with Crippen molar-refractivity contribution in [3.8, 4) is 11.5 Å². The summed E-state index contributed by atoms with van der Waals surface area (Å²) >= 11 is 0. The third kappa shape index (κ3) is 2.65. The molecule has 1 saturated heterocycles. The predicted molar refractivity (Wildman–Crippen MR) is 74.7 cm³/mol. The van der Waals surface area contributed by atoms with Gasteiger partial charge in [-0.15, -0.1) is 0 Å². The SMILES string of the molecule is CC(C)c1ccc(-c2nc(N3CCOCC3)no2)cn1. The highest BCUT2D eigenvalue weighted by molar-refractivity contribution is 5.53. The molecule has 1 aliphatic rings. The van der Waals surface area contributed by atoms with Crippen LogP contribution in [0.4, 0.5) is 5.95 Å². The number of ether oxygens (including phenoxy) is 1. The molecule has 0 radical (unpaired) electrons. The zero-order valence-corrected chi connectivity index (χ0v) is 11.7. The summed E-state index contributed by atoms with van der Waals surface area (Å²) in [4.78, 5) is 10.9. The van der Waals surface area contributed by atoms with Crippen LogP contribution in [0.3, 0.4) is 0 Å². The Balaban J connectivity index is 1.78. The molecule has 0 saturated carbocycles. The van der Waals surface area contributed by atoms with E-state index in [1.165, 1.54) is 0 Å². The minimum atomic E-state index is 0.413. The second-order valence-electron chi connectivity index (χ2n) is 5.13. The maximum atomic E-state index is 5.32. The molecule has 0 unspecified atom stereocenters. The van der Waals surface area contributed by atoms with Gasteiger partial charge in [0.15, 0.2) is 0 Å². The summed E-state index contributed by atoms with van der Waals surface area (Å²) in [6.45, 7) is 7.23. The van der Waals surface area contributed by atoms with E-state index in [-0.39, 0.29) is 0 Å². The lowest BCUT2D eigenvalue weighted by Gasteiger charge is -2.24. The predicted octanol–water partition coefficient (Wildman–Crippen LogP) is 2.09. The number of nitrogens with zero attached hydrogens (tertiary/aromatic N) is 4. The van der Waals surface area contributed by atoms with Crippen molar-refractivity contribution in [2.24, 2.45) is 0 Å². The fourth-order valence-corrected chi connectivity index (χ4v) is 2.10. The molecule has 0 bridgehead atoms. The van der Waals surface area contributed by atoms with Gasteiger partial charge in [-0.25, -0.2) is 0 Å². The number of anilines is 1. The Bertz CT molecular complexity index is 559. The van der Waals surface area contributed by atoms with E-state index in [1.807, 2.05) is 12.1 Å². The van der Waals surface area contributed by atoms with Gasteiger partial charge in [-0.1, -0.05) is 13.8 Å². The normalized spacial score (nSPS) is 15.8. The summed E-state index contributed by atoms with van der Waals surface area (Å²) in [6, 6.07) is 3.97. The molecule has 3 heterocycles. The molecule has 0 spiro atoms. The van der Waals surface area contributed by atoms with Crippen molar-refractivity contribution >= 4 is 5.95 Å². The molecule has 2 aromatic heterocycles. The van der Waals surface area contributed by atoms with Crippen LogP contribution in [0.1, 0.15) is 25.5 Å². The van der Waals surface area contributed by atoms with Gasteiger partial charge in [0.1, 0.15) is 0 Å². The summed E-state index contributed by atoms with van der Waals surface area (Å²) < 4.78 is 10.6. The quantitative estimate of drug-likeness (QED) is 0.854. The summed E-state index contributed by atoms with van der Waals surface area (Å²) in [5, 5.41) is 4.03. The first-order valence-electron chi connectivity index (χ1n) is 6.87. The van der Waals surface area contributed by atoms with Crippen molar-refractivity contribution in [2.75, 3.05) is 31.2 Å². The lowest BCUT2D eigenvalue weighted by atomic mass is 10.1. The molecule has 0 aromatic carbocycles. The maximum absolute atomic E-state index is 5.32. The molecule has 3 rings (SSSR count). The second-order valence-corrected chi connectivity index (χ2v) is 5.13. The fraction of sp³-hybridized carbons (Fsp3) is 0.500. The molecule has 1 fully saturated rings. The van der Waals surface area contributed by atoms with Gasteiger partial charge in [0.25, 0.3) is 11.8 Å². The van der Waals surface area contributed by atoms with Crippen LogP contribution >= 0.6 is 0 Å². The molecule has 6 nitrogen and oxygen atoms in total. The van der Waals surface area contributed by atoms with E-state index in [4.69, 9.17) is 9.26 Å². The average Bonchev–Trinajstić information content (AvgIpc) is 2.98. The monoisotopic (exact) mass is 274 g/mol.